The Balaban J connectivity index is 2.23. The van der Waals surface area contributed by atoms with Crippen LogP contribution in [0.15, 0.2) is 11.6 Å². The molecule has 0 atom stereocenters. The summed E-state index contributed by atoms with van der Waals surface area (Å²) >= 11 is 0. The van der Waals surface area contributed by atoms with E-state index in [2.05, 4.69) is 11.4 Å². The molecule has 42 valence electrons. The Kier molecular flexibility index (Phi) is 1.66. The van der Waals surface area contributed by atoms with E-state index in [1.807, 2.05) is 6.08 Å². The van der Waals surface area contributed by atoms with Gasteiger partial charge in [0.2, 0.25) is 0 Å². The average molecular weight is 108 g/mol. The molecule has 1 saturated heterocycles. The molecule has 1 fully saturated rings. The van der Waals surface area contributed by atoms with E-state index in [1.54, 1.807) is 0 Å². The Hall–Kier alpha value is -0.810. The maximum absolute atomic E-state index is 8.12. The van der Waals surface area contributed by atoms with E-state index >= 15 is 0 Å². The molecular weight excluding hydrogens is 100 g/mol. The summed E-state index contributed by atoms with van der Waals surface area (Å²) in [4.78, 5) is 0. The van der Waals surface area contributed by atoms with Gasteiger partial charge in [-0.05, 0) is 5.57 Å². The summed E-state index contributed by atoms with van der Waals surface area (Å²) in [7, 11) is 0. The van der Waals surface area contributed by atoms with Gasteiger partial charge >= 0.3 is 0 Å². The lowest BCUT2D eigenvalue weighted by Crippen LogP contribution is -2.33. The highest BCUT2D eigenvalue weighted by atomic mass is 14.9. The first-order valence-corrected chi connectivity index (χ1v) is 2.69. The van der Waals surface area contributed by atoms with Crippen molar-refractivity contribution in [1.29, 1.82) is 5.26 Å². The first-order chi connectivity index (χ1) is 3.93. The summed E-state index contributed by atoms with van der Waals surface area (Å²) in [5.74, 6) is 0. The van der Waals surface area contributed by atoms with Crippen molar-refractivity contribution in [3.8, 4) is 6.07 Å². The lowest BCUT2D eigenvalue weighted by molar-refractivity contribution is 0.665. The van der Waals surface area contributed by atoms with Crippen LogP contribution in [0.25, 0.3) is 0 Å². The zero-order valence-electron chi connectivity index (χ0n) is 4.65. The van der Waals surface area contributed by atoms with Crippen molar-refractivity contribution >= 4 is 0 Å². The highest BCUT2D eigenvalue weighted by Crippen LogP contribution is 2.00. The highest BCUT2D eigenvalue weighted by molar-refractivity contribution is 5.15. The van der Waals surface area contributed by atoms with Crippen molar-refractivity contribution in [2.75, 3.05) is 13.1 Å². The molecule has 1 aliphatic rings. The smallest absolute Gasteiger partial charge is 0.0663 e. The fourth-order valence-corrected chi connectivity index (χ4v) is 0.604. The fraction of sp³-hybridized carbons (Fsp3) is 0.500. The van der Waals surface area contributed by atoms with Gasteiger partial charge in [-0.15, -0.1) is 0 Å². The first kappa shape index (κ1) is 5.33. The third-order valence-electron chi connectivity index (χ3n) is 1.19. The van der Waals surface area contributed by atoms with E-state index in [-0.39, 0.29) is 0 Å². The van der Waals surface area contributed by atoms with Crippen LogP contribution in [0, 0.1) is 11.3 Å². The van der Waals surface area contributed by atoms with Crippen LogP contribution in [0.2, 0.25) is 0 Å². The van der Waals surface area contributed by atoms with E-state index < -0.39 is 0 Å². The molecule has 1 rings (SSSR count). The standard InChI is InChI=1S/C6H8N2/c7-3-1-2-6-4-8-5-6/h2,8H,1,4-5H2. The zero-order chi connectivity index (χ0) is 5.82. The van der Waals surface area contributed by atoms with Gasteiger partial charge in [0, 0.05) is 13.1 Å². The van der Waals surface area contributed by atoms with E-state index in [4.69, 9.17) is 5.26 Å². The number of hydrogen-bond acceptors (Lipinski definition) is 2. The van der Waals surface area contributed by atoms with Crippen LogP contribution >= 0.6 is 0 Å². The minimum absolute atomic E-state index is 0.566. The Morgan fingerprint density at radius 2 is 2.50 bits per heavy atom. The molecule has 2 nitrogen and oxygen atoms in total. The molecule has 0 spiro atoms. The summed E-state index contributed by atoms with van der Waals surface area (Å²) in [6.07, 6.45) is 2.55. The van der Waals surface area contributed by atoms with Crippen molar-refractivity contribution in [3.63, 3.8) is 0 Å². The van der Waals surface area contributed by atoms with E-state index in [0.717, 1.165) is 13.1 Å². The van der Waals surface area contributed by atoms with Crippen molar-refractivity contribution in [2.24, 2.45) is 0 Å². The van der Waals surface area contributed by atoms with Gasteiger partial charge in [0.1, 0.15) is 0 Å². The monoisotopic (exact) mass is 108 g/mol. The Morgan fingerprint density at radius 3 is 2.88 bits per heavy atom. The van der Waals surface area contributed by atoms with Crippen LogP contribution in [0.5, 0.6) is 0 Å². The van der Waals surface area contributed by atoms with Gasteiger partial charge < -0.3 is 5.32 Å². The predicted octanol–water partition coefficient (Wildman–Crippen LogP) is 0.430. The summed E-state index contributed by atoms with van der Waals surface area (Å²) in [5.41, 5.74) is 1.37. The lowest BCUT2D eigenvalue weighted by Gasteiger charge is -2.17. The number of nitriles is 1. The maximum atomic E-state index is 8.12. The number of hydrogen-bond donors (Lipinski definition) is 1. The molecular formula is C6H8N2. The van der Waals surface area contributed by atoms with Crippen LogP contribution in [0.3, 0.4) is 0 Å². The summed E-state index contributed by atoms with van der Waals surface area (Å²) < 4.78 is 0. The second-order valence-corrected chi connectivity index (χ2v) is 1.83. The molecule has 0 aromatic heterocycles. The summed E-state index contributed by atoms with van der Waals surface area (Å²) in [5, 5.41) is 11.2. The van der Waals surface area contributed by atoms with Crippen molar-refractivity contribution < 1.29 is 0 Å². The second kappa shape index (κ2) is 2.49. The van der Waals surface area contributed by atoms with Gasteiger partial charge in [0.15, 0.2) is 0 Å². The first-order valence-electron chi connectivity index (χ1n) is 2.69. The van der Waals surface area contributed by atoms with E-state index in [1.165, 1.54) is 5.57 Å². The number of rotatable bonds is 1. The molecule has 0 amide bonds. The molecule has 0 unspecified atom stereocenters. The number of allylic oxidation sites excluding steroid dienone is 1. The molecule has 0 aliphatic carbocycles. The van der Waals surface area contributed by atoms with Crippen LogP contribution in [-0.4, -0.2) is 13.1 Å². The van der Waals surface area contributed by atoms with Gasteiger partial charge in [-0.25, -0.2) is 0 Å². The summed E-state index contributed by atoms with van der Waals surface area (Å²) in [6.45, 7) is 1.98. The van der Waals surface area contributed by atoms with Crippen LogP contribution in [0.1, 0.15) is 6.42 Å². The fourth-order valence-electron chi connectivity index (χ4n) is 0.604. The van der Waals surface area contributed by atoms with Gasteiger partial charge in [-0.1, -0.05) is 6.08 Å². The number of nitrogens with zero attached hydrogens (tertiary/aromatic N) is 1. The maximum Gasteiger partial charge on any atom is 0.0663 e. The molecule has 1 N–H and O–H groups in total. The second-order valence-electron chi connectivity index (χ2n) is 1.83. The van der Waals surface area contributed by atoms with Gasteiger partial charge in [0.25, 0.3) is 0 Å². The molecule has 0 aromatic carbocycles. The molecule has 0 aromatic rings. The Bertz CT molecular complexity index is 135. The van der Waals surface area contributed by atoms with Gasteiger partial charge in [-0.3, -0.25) is 0 Å². The topological polar surface area (TPSA) is 35.8 Å². The van der Waals surface area contributed by atoms with E-state index in [9.17, 15) is 0 Å². The third kappa shape index (κ3) is 1.08. The SMILES string of the molecule is N#CCC=C1CNC1. The molecule has 2 heteroatoms. The number of nitrogens with one attached hydrogen (secondary N) is 1. The molecule has 0 saturated carbocycles. The quantitative estimate of drug-likeness (QED) is 0.494. The summed E-state index contributed by atoms with van der Waals surface area (Å²) in [6, 6.07) is 2.06. The van der Waals surface area contributed by atoms with Gasteiger partial charge in [0.05, 0.1) is 12.5 Å². The molecule has 0 bridgehead atoms. The van der Waals surface area contributed by atoms with Crippen molar-refractivity contribution in [3.05, 3.63) is 11.6 Å². The lowest BCUT2D eigenvalue weighted by atomic mass is 10.1. The van der Waals surface area contributed by atoms with Crippen LogP contribution < -0.4 is 5.32 Å². The van der Waals surface area contributed by atoms with Gasteiger partial charge in [-0.2, -0.15) is 5.26 Å². The molecule has 8 heavy (non-hydrogen) atoms. The third-order valence-corrected chi connectivity index (χ3v) is 1.19. The normalized spacial score (nSPS) is 16.6. The average Bonchev–Trinajstić information content (AvgIpc) is 1.63. The molecule has 1 aliphatic heterocycles. The largest absolute Gasteiger partial charge is 0.309 e. The van der Waals surface area contributed by atoms with Crippen molar-refractivity contribution in [2.45, 2.75) is 6.42 Å². The minimum Gasteiger partial charge on any atom is -0.309 e. The molecule has 1 heterocycles. The Labute approximate surface area is 48.8 Å². The van der Waals surface area contributed by atoms with Crippen LogP contribution in [0.4, 0.5) is 0 Å². The van der Waals surface area contributed by atoms with Crippen molar-refractivity contribution in [1.82, 2.24) is 5.32 Å². The minimum atomic E-state index is 0.566. The van der Waals surface area contributed by atoms with Crippen LogP contribution in [-0.2, 0) is 0 Å². The zero-order valence-corrected chi connectivity index (χ0v) is 4.65. The molecule has 0 radical (unpaired) electrons. The highest BCUT2D eigenvalue weighted by Gasteiger charge is 2.04. The van der Waals surface area contributed by atoms with E-state index in [0.29, 0.717) is 6.42 Å². The Morgan fingerprint density at radius 1 is 1.75 bits per heavy atom. The predicted molar refractivity (Wildman–Crippen MR) is 31.2 cm³/mol.